The van der Waals surface area contributed by atoms with E-state index in [9.17, 15) is 0 Å². The highest BCUT2D eigenvalue weighted by atomic mass is 35.5. The van der Waals surface area contributed by atoms with Crippen molar-refractivity contribution in [2.45, 2.75) is 32.9 Å². The molecule has 112 valence electrons. The van der Waals surface area contributed by atoms with Gasteiger partial charge in [0, 0.05) is 28.1 Å². The topological polar surface area (TPSA) is 21.3 Å². The summed E-state index contributed by atoms with van der Waals surface area (Å²) in [6.45, 7) is 10.4. The largest absolute Gasteiger partial charge is 0.487 e. The molecule has 0 aromatic heterocycles. The molecule has 2 aromatic carbocycles. The van der Waals surface area contributed by atoms with Gasteiger partial charge in [0.2, 0.25) is 0 Å². The van der Waals surface area contributed by atoms with Crippen molar-refractivity contribution >= 4 is 22.4 Å². The summed E-state index contributed by atoms with van der Waals surface area (Å²) in [5, 5.41) is 6.28. The van der Waals surface area contributed by atoms with Gasteiger partial charge in [-0.25, -0.2) is 0 Å². The Morgan fingerprint density at radius 3 is 2.57 bits per heavy atom. The van der Waals surface area contributed by atoms with Crippen molar-refractivity contribution in [2.75, 3.05) is 6.61 Å². The predicted molar refractivity (Wildman–Crippen MR) is 91.1 cm³/mol. The number of rotatable bonds is 6. The van der Waals surface area contributed by atoms with Gasteiger partial charge in [-0.3, -0.25) is 0 Å². The van der Waals surface area contributed by atoms with E-state index in [1.165, 1.54) is 0 Å². The summed E-state index contributed by atoms with van der Waals surface area (Å²) >= 11 is 5.86. The minimum atomic E-state index is 0.202. The van der Waals surface area contributed by atoms with Crippen molar-refractivity contribution in [3.63, 3.8) is 0 Å². The molecule has 0 spiro atoms. The van der Waals surface area contributed by atoms with E-state index in [4.69, 9.17) is 16.3 Å². The van der Waals surface area contributed by atoms with Gasteiger partial charge in [-0.15, -0.1) is 0 Å². The Morgan fingerprint density at radius 2 is 1.90 bits per heavy atom. The highest BCUT2D eigenvalue weighted by Gasteiger charge is 2.15. The van der Waals surface area contributed by atoms with Gasteiger partial charge in [-0.2, -0.15) is 0 Å². The lowest BCUT2D eigenvalue weighted by Gasteiger charge is -2.22. The van der Waals surface area contributed by atoms with Gasteiger partial charge in [0.1, 0.15) is 12.4 Å². The van der Waals surface area contributed by atoms with Gasteiger partial charge in [0.15, 0.2) is 0 Å². The average Bonchev–Trinajstić information content (AvgIpc) is 2.43. The maximum Gasteiger partial charge on any atom is 0.132 e. The molecule has 0 aliphatic carbocycles. The van der Waals surface area contributed by atoms with Crippen LogP contribution in [0.1, 0.15) is 32.4 Å². The molecule has 2 nitrogen and oxygen atoms in total. The molecule has 0 aliphatic heterocycles. The van der Waals surface area contributed by atoms with Crippen molar-refractivity contribution < 1.29 is 4.74 Å². The van der Waals surface area contributed by atoms with Crippen LogP contribution in [-0.2, 0) is 0 Å². The van der Waals surface area contributed by atoms with Crippen LogP contribution in [0.2, 0.25) is 0 Å². The summed E-state index contributed by atoms with van der Waals surface area (Å²) in [5.41, 5.74) is 1.14. The summed E-state index contributed by atoms with van der Waals surface area (Å²) < 4.78 is 5.94. The predicted octanol–water partition coefficient (Wildman–Crippen LogP) is 5.03. The maximum atomic E-state index is 5.94. The van der Waals surface area contributed by atoms with Crippen LogP contribution in [0.4, 0.5) is 0 Å². The Labute approximate surface area is 131 Å². The van der Waals surface area contributed by atoms with Crippen LogP contribution in [0.5, 0.6) is 5.75 Å². The fourth-order valence-electron chi connectivity index (χ4n) is 2.50. The first kappa shape index (κ1) is 15.9. The molecule has 0 radical (unpaired) electrons. The molecule has 0 amide bonds. The molecule has 1 unspecified atom stereocenters. The number of nitrogens with one attached hydrogen (secondary N) is 1. The number of ether oxygens (including phenoxy) is 1. The van der Waals surface area contributed by atoms with Gasteiger partial charge in [0.25, 0.3) is 0 Å². The second-order valence-corrected chi connectivity index (χ2v) is 6.09. The molecule has 3 heteroatoms. The van der Waals surface area contributed by atoms with Crippen LogP contribution in [0, 0.1) is 0 Å². The molecular formula is C18H22ClNO. The summed E-state index contributed by atoms with van der Waals surface area (Å²) in [4.78, 5) is 0. The number of benzene rings is 2. The van der Waals surface area contributed by atoms with Gasteiger partial charge >= 0.3 is 0 Å². The van der Waals surface area contributed by atoms with Crippen LogP contribution >= 0.6 is 11.6 Å². The van der Waals surface area contributed by atoms with E-state index in [0.29, 0.717) is 17.7 Å². The molecule has 1 atom stereocenters. The minimum absolute atomic E-state index is 0.202. The molecule has 2 rings (SSSR count). The van der Waals surface area contributed by atoms with Crippen LogP contribution in [0.25, 0.3) is 10.8 Å². The van der Waals surface area contributed by atoms with Crippen molar-refractivity contribution in [2.24, 2.45) is 0 Å². The van der Waals surface area contributed by atoms with Crippen LogP contribution in [0.3, 0.4) is 0 Å². The van der Waals surface area contributed by atoms with Crippen LogP contribution < -0.4 is 10.1 Å². The smallest absolute Gasteiger partial charge is 0.132 e. The van der Waals surface area contributed by atoms with E-state index in [0.717, 1.165) is 22.1 Å². The van der Waals surface area contributed by atoms with Gasteiger partial charge in [-0.1, -0.05) is 68.4 Å². The highest BCUT2D eigenvalue weighted by molar-refractivity contribution is 6.29. The van der Waals surface area contributed by atoms with Crippen molar-refractivity contribution in [3.8, 4) is 5.75 Å². The van der Waals surface area contributed by atoms with Gasteiger partial charge in [0.05, 0.1) is 0 Å². The summed E-state index contributed by atoms with van der Waals surface area (Å²) in [7, 11) is 0. The number of hydrogen-bond acceptors (Lipinski definition) is 2. The van der Waals surface area contributed by atoms with E-state index in [1.54, 1.807) is 0 Å². The normalized spacial score (nSPS) is 12.6. The summed E-state index contributed by atoms with van der Waals surface area (Å²) in [6, 6.07) is 13.1. The number of halogens is 1. The van der Waals surface area contributed by atoms with E-state index >= 15 is 0 Å². The third-order valence-electron chi connectivity index (χ3n) is 3.33. The fourth-order valence-corrected chi connectivity index (χ4v) is 2.56. The van der Waals surface area contributed by atoms with Crippen molar-refractivity contribution in [3.05, 3.63) is 53.6 Å². The average molecular weight is 304 g/mol. The lowest BCUT2D eigenvalue weighted by atomic mass is 10.0. The zero-order chi connectivity index (χ0) is 15.4. The van der Waals surface area contributed by atoms with Crippen molar-refractivity contribution in [1.82, 2.24) is 5.32 Å². The second-order valence-electron chi connectivity index (χ2n) is 5.55. The Bertz CT molecular complexity index is 636. The zero-order valence-corrected chi connectivity index (χ0v) is 13.6. The van der Waals surface area contributed by atoms with Gasteiger partial charge < -0.3 is 10.1 Å². The quantitative estimate of drug-likeness (QED) is 0.808. The Hall–Kier alpha value is -1.51. The van der Waals surface area contributed by atoms with E-state index in [2.05, 4.69) is 56.9 Å². The first-order valence-corrected chi connectivity index (χ1v) is 7.60. The number of hydrogen-bond donors (Lipinski definition) is 1. The number of fused-ring (bicyclic) bond motifs is 1. The van der Waals surface area contributed by atoms with E-state index in [1.807, 2.05) is 12.1 Å². The molecule has 0 saturated carbocycles. The first-order chi connectivity index (χ1) is 9.99. The van der Waals surface area contributed by atoms with E-state index in [-0.39, 0.29) is 6.04 Å². The lowest BCUT2D eigenvalue weighted by molar-refractivity contribution is 0.353. The zero-order valence-electron chi connectivity index (χ0n) is 12.8. The standard InChI is InChI=1S/C18H22ClNO/c1-12(2)20-14(4)16-10-9-15-7-5-6-8-17(15)18(16)21-11-13(3)19/h5-10,12,14,20H,3,11H2,1-2,4H3. The molecule has 0 saturated heterocycles. The SMILES string of the molecule is C=C(Cl)COc1c(C(C)NC(C)C)ccc2ccccc12. The lowest BCUT2D eigenvalue weighted by Crippen LogP contribution is -2.26. The molecule has 21 heavy (non-hydrogen) atoms. The third kappa shape index (κ3) is 3.99. The van der Waals surface area contributed by atoms with Crippen LogP contribution in [-0.4, -0.2) is 12.6 Å². The third-order valence-corrected chi connectivity index (χ3v) is 3.44. The summed E-state index contributed by atoms with van der Waals surface area (Å²) in [5.74, 6) is 0.885. The van der Waals surface area contributed by atoms with Gasteiger partial charge in [-0.05, 0) is 12.3 Å². The highest BCUT2D eigenvalue weighted by Crippen LogP contribution is 2.34. The molecule has 2 aromatic rings. The molecule has 1 N–H and O–H groups in total. The Kier molecular flexibility index (Phi) is 5.27. The van der Waals surface area contributed by atoms with Crippen LogP contribution in [0.15, 0.2) is 48.0 Å². The molecule has 0 heterocycles. The van der Waals surface area contributed by atoms with Crippen molar-refractivity contribution in [1.29, 1.82) is 0 Å². The fraction of sp³-hybridized carbons (Fsp3) is 0.333. The van der Waals surface area contributed by atoms with E-state index < -0.39 is 0 Å². The Balaban J connectivity index is 2.47. The molecule has 0 fully saturated rings. The maximum absolute atomic E-state index is 5.94. The Morgan fingerprint density at radius 1 is 1.19 bits per heavy atom. The minimum Gasteiger partial charge on any atom is -0.487 e. The summed E-state index contributed by atoms with van der Waals surface area (Å²) in [6.07, 6.45) is 0. The molecular weight excluding hydrogens is 282 g/mol. The molecule has 0 bridgehead atoms. The second kappa shape index (κ2) is 6.97. The molecule has 0 aliphatic rings. The monoisotopic (exact) mass is 303 g/mol. The first-order valence-electron chi connectivity index (χ1n) is 7.22.